The molecule has 14 heavy (non-hydrogen) atoms. The van der Waals surface area contributed by atoms with Crippen LogP contribution in [-0.4, -0.2) is 54.6 Å². The lowest BCUT2D eigenvalue weighted by Gasteiger charge is -2.35. The topological polar surface area (TPSA) is 32.5 Å². The minimum atomic E-state index is 0.377. The highest BCUT2D eigenvalue weighted by Crippen LogP contribution is 2.27. The molecular weight excluding hydrogens is 174 g/mol. The average Bonchev–Trinajstić information content (AvgIpc) is 3.02. The lowest BCUT2D eigenvalue weighted by molar-refractivity contribution is 0.121. The van der Waals surface area contributed by atoms with E-state index in [-0.39, 0.29) is 0 Å². The molecule has 1 saturated heterocycles. The highest BCUT2D eigenvalue weighted by Gasteiger charge is 2.31. The van der Waals surface area contributed by atoms with Crippen molar-refractivity contribution in [2.45, 2.75) is 38.3 Å². The molecule has 1 unspecified atom stereocenters. The van der Waals surface area contributed by atoms with Gasteiger partial charge in [-0.25, -0.2) is 0 Å². The SMILES string of the molecule is CCC(N)CN1CCN(C2CC2)CC1. The first-order valence-corrected chi connectivity index (χ1v) is 6.01. The van der Waals surface area contributed by atoms with Gasteiger partial charge in [-0.15, -0.1) is 0 Å². The number of hydrogen-bond donors (Lipinski definition) is 1. The summed E-state index contributed by atoms with van der Waals surface area (Å²) < 4.78 is 0. The van der Waals surface area contributed by atoms with Gasteiger partial charge in [-0.2, -0.15) is 0 Å². The molecule has 82 valence electrons. The van der Waals surface area contributed by atoms with Gasteiger partial charge < -0.3 is 5.73 Å². The van der Waals surface area contributed by atoms with E-state index < -0.39 is 0 Å². The van der Waals surface area contributed by atoms with Crippen molar-refractivity contribution in [2.24, 2.45) is 5.73 Å². The molecule has 0 aromatic heterocycles. The van der Waals surface area contributed by atoms with E-state index in [1.807, 2.05) is 0 Å². The predicted molar refractivity (Wildman–Crippen MR) is 59.3 cm³/mol. The zero-order valence-corrected chi connectivity index (χ0v) is 9.28. The molecule has 0 spiro atoms. The van der Waals surface area contributed by atoms with Crippen LogP contribution < -0.4 is 5.73 Å². The normalized spacial score (nSPS) is 27.9. The number of rotatable bonds is 4. The molecule has 2 fully saturated rings. The quantitative estimate of drug-likeness (QED) is 0.712. The van der Waals surface area contributed by atoms with Crippen LogP contribution in [0.2, 0.25) is 0 Å². The largest absolute Gasteiger partial charge is 0.327 e. The Morgan fingerprint density at radius 1 is 1.21 bits per heavy atom. The first-order chi connectivity index (χ1) is 6.79. The Labute approximate surface area is 87.2 Å². The van der Waals surface area contributed by atoms with E-state index in [1.165, 1.54) is 39.0 Å². The summed E-state index contributed by atoms with van der Waals surface area (Å²) in [6.45, 7) is 8.25. The van der Waals surface area contributed by atoms with Crippen LogP contribution in [0.4, 0.5) is 0 Å². The van der Waals surface area contributed by atoms with Gasteiger partial charge in [-0.05, 0) is 19.3 Å². The average molecular weight is 197 g/mol. The fourth-order valence-electron chi connectivity index (χ4n) is 2.21. The van der Waals surface area contributed by atoms with Crippen molar-refractivity contribution in [1.82, 2.24) is 9.80 Å². The van der Waals surface area contributed by atoms with Crippen LogP contribution in [0.1, 0.15) is 26.2 Å². The Hall–Kier alpha value is -0.120. The van der Waals surface area contributed by atoms with Crippen LogP contribution in [-0.2, 0) is 0 Å². The third-order valence-corrected chi connectivity index (χ3v) is 3.49. The Balaban J connectivity index is 1.67. The molecule has 0 amide bonds. The molecule has 0 radical (unpaired) electrons. The highest BCUT2D eigenvalue weighted by molar-refractivity contribution is 4.87. The monoisotopic (exact) mass is 197 g/mol. The van der Waals surface area contributed by atoms with E-state index in [0.29, 0.717) is 6.04 Å². The number of hydrogen-bond acceptors (Lipinski definition) is 3. The van der Waals surface area contributed by atoms with Crippen molar-refractivity contribution < 1.29 is 0 Å². The van der Waals surface area contributed by atoms with E-state index in [1.54, 1.807) is 0 Å². The van der Waals surface area contributed by atoms with Gasteiger partial charge in [0.15, 0.2) is 0 Å². The minimum Gasteiger partial charge on any atom is -0.327 e. The van der Waals surface area contributed by atoms with Crippen molar-refractivity contribution in [3.63, 3.8) is 0 Å². The zero-order chi connectivity index (χ0) is 9.97. The summed E-state index contributed by atoms with van der Waals surface area (Å²) in [5.41, 5.74) is 5.96. The fraction of sp³-hybridized carbons (Fsp3) is 1.00. The first-order valence-electron chi connectivity index (χ1n) is 6.01. The summed E-state index contributed by atoms with van der Waals surface area (Å²) in [6.07, 6.45) is 3.98. The van der Waals surface area contributed by atoms with Crippen molar-refractivity contribution in [3.05, 3.63) is 0 Å². The number of nitrogens with two attached hydrogens (primary N) is 1. The van der Waals surface area contributed by atoms with E-state index in [9.17, 15) is 0 Å². The highest BCUT2D eigenvalue weighted by atomic mass is 15.3. The van der Waals surface area contributed by atoms with Gasteiger partial charge in [0.2, 0.25) is 0 Å². The van der Waals surface area contributed by atoms with Crippen LogP contribution in [0.15, 0.2) is 0 Å². The van der Waals surface area contributed by atoms with Crippen LogP contribution in [0.5, 0.6) is 0 Å². The molecule has 1 heterocycles. The molecule has 0 bridgehead atoms. The lowest BCUT2D eigenvalue weighted by Crippen LogP contribution is -2.50. The third kappa shape index (κ3) is 2.69. The molecule has 1 atom stereocenters. The predicted octanol–water partition coefficient (Wildman–Crippen LogP) is 0.504. The molecule has 3 nitrogen and oxygen atoms in total. The summed E-state index contributed by atoms with van der Waals surface area (Å²) in [6, 6.07) is 1.32. The Morgan fingerprint density at radius 3 is 2.36 bits per heavy atom. The van der Waals surface area contributed by atoms with Gasteiger partial charge in [-0.1, -0.05) is 6.92 Å². The van der Waals surface area contributed by atoms with Gasteiger partial charge in [-0.3, -0.25) is 9.80 Å². The number of nitrogens with zero attached hydrogens (tertiary/aromatic N) is 2. The van der Waals surface area contributed by atoms with Crippen LogP contribution in [0.25, 0.3) is 0 Å². The molecule has 0 aromatic rings. The van der Waals surface area contributed by atoms with Gasteiger partial charge in [0.1, 0.15) is 0 Å². The second-order valence-corrected chi connectivity index (χ2v) is 4.74. The smallest absolute Gasteiger partial charge is 0.0165 e. The fourth-order valence-corrected chi connectivity index (χ4v) is 2.21. The van der Waals surface area contributed by atoms with E-state index in [0.717, 1.165) is 19.0 Å². The second kappa shape index (κ2) is 4.60. The van der Waals surface area contributed by atoms with E-state index in [2.05, 4.69) is 16.7 Å². The lowest BCUT2D eigenvalue weighted by atomic mass is 10.2. The molecule has 2 rings (SSSR count). The van der Waals surface area contributed by atoms with Crippen LogP contribution in [0.3, 0.4) is 0 Å². The maximum Gasteiger partial charge on any atom is 0.0165 e. The van der Waals surface area contributed by atoms with E-state index >= 15 is 0 Å². The maximum atomic E-state index is 5.96. The van der Waals surface area contributed by atoms with Gasteiger partial charge in [0.05, 0.1) is 0 Å². The van der Waals surface area contributed by atoms with Gasteiger partial charge in [0, 0.05) is 44.8 Å². The van der Waals surface area contributed by atoms with Crippen molar-refractivity contribution >= 4 is 0 Å². The molecule has 0 aromatic carbocycles. The molecule has 1 aliphatic heterocycles. The maximum absolute atomic E-state index is 5.96. The van der Waals surface area contributed by atoms with Crippen molar-refractivity contribution in [3.8, 4) is 0 Å². The second-order valence-electron chi connectivity index (χ2n) is 4.74. The molecule has 2 aliphatic rings. The molecule has 2 N–H and O–H groups in total. The van der Waals surface area contributed by atoms with Crippen LogP contribution >= 0.6 is 0 Å². The summed E-state index contributed by atoms with van der Waals surface area (Å²) >= 11 is 0. The molecule has 1 saturated carbocycles. The standard InChI is InChI=1S/C11H23N3/c1-2-10(12)9-13-5-7-14(8-6-13)11-3-4-11/h10-11H,2-9,12H2,1H3. The van der Waals surface area contributed by atoms with E-state index in [4.69, 9.17) is 5.73 Å². The third-order valence-electron chi connectivity index (χ3n) is 3.49. The Kier molecular flexibility index (Phi) is 3.42. The minimum absolute atomic E-state index is 0.377. The van der Waals surface area contributed by atoms with Crippen molar-refractivity contribution in [1.29, 1.82) is 0 Å². The Morgan fingerprint density at radius 2 is 1.86 bits per heavy atom. The van der Waals surface area contributed by atoms with Crippen molar-refractivity contribution in [2.75, 3.05) is 32.7 Å². The summed E-state index contributed by atoms with van der Waals surface area (Å²) in [7, 11) is 0. The zero-order valence-electron chi connectivity index (χ0n) is 9.28. The summed E-state index contributed by atoms with van der Waals surface area (Å²) in [4.78, 5) is 5.17. The summed E-state index contributed by atoms with van der Waals surface area (Å²) in [5.74, 6) is 0. The Bertz CT molecular complexity index is 171. The number of piperazine rings is 1. The van der Waals surface area contributed by atoms with Gasteiger partial charge in [0.25, 0.3) is 0 Å². The molecule has 3 heteroatoms. The van der Waals surface area contributed by atoms with Gasteiger partial charge >= 0.3 is 0 Å². The molecule has 1 aliphatic carbocycles. The van der Waals surface area contributed by atoms with Crippen LogP contribution in [0, 0.1) is 0 Å². The summed E-state index contributed by atoms with van der Waals surface area (Å²) in [5, 5.41) is 0. The first kappa shape index (κ1) is 10.4. The molecular formula is C11H23N3.